The summed E-state index contributed by atoms with van der Waals surface area (Å²) in [6.45, 7) is 3.62. The number of aromatic nitrogens is 1. The van der Waals surface area contributed by atoms with Crippen molar-refractivity contribution in [3.05, 3.63) is 98.8 Å². The third-order valence-electron chi connectivity index (χ3n) is 7.62. The topological polar surface area (TPSA) is 70.4 Å². The molecule has 0 saturated heterocycles. The molecular formula is C33H33ClFNO3S2. The summed E-state index contributed by atoms with van der Waals surface area (Å²) in [7, 11) is 0. The van der Waals surface area contributed by atoms with Crippen molar-refractivity contribution in [3.8, 4) is 0 Å². The van der Waals surface area contributed by atoms with Crippen LogP contribution in [0.15, 0.2) is 60.7 Å². The van der Waals surface area contributed by atoms with Gasteiger partial charge in [0.1, 0.15) is 9.85 Å². The molecule has 2 aromatic carbocycles. The molecule has 1 saturated carbocycles. The van der Waals surface area contributed by atoms with E-state index in [9.17, 15) is 19.4 Å². The molecule has 2 aromatic heterocycles. The van der Waals surface area contributed by atoms with Crippen molar-refractivity contribution in [2.24, 2.45) is 5.41 Å². The second-order valence-electron chi connectivity index (χ2n) is 11.4. The van der Waals surface area contributed by atoms with Gasteiger partial charge in [-0.05, 0) is 85.4 Å². The van der Waals surface area contributed by atoms with Gasteiger partial charge in [-0.25, -0.2) is 9.37 Å². The summed E-state index contributed by atoms with van der Waals surface area (Å²) in [6, 6.07) is 20.1. The Hall–Kier alpha value is -2.71. The molecule has 1 aliphatic carbocycles. The maximum atomic E-state index is 14.3. The molecular weight excluding hydrogens is 577 g/mol. The molecule has 4 nitrogen and oxygen atoms in total. The Kier molecular flexibility index (Phi) is 8.90. The number of carboxylic acids is 1. The van der Waals surface area contributed by atoms with Gasteiger partial charge in [0.05, 0.1) is 22.4 Å². The molecule has 0 amide bonds. The minimum Gasteiger partial charge on any atom is -0.481 e. The van der Waals surface area contributed by atoms with Gasteiger partial charge in [-0.3, -0.25) is 4.79 Å². The number of nitrogens with zero attached hydrogens (tertiary/aromatic N) is 1. The molecule has 8 heteroatoms. The highest BCUT2D eigenvalue weighted by Crippen LogP contribution is 2.53. The number of carbonyl (C=O) groups is 1. The quantitative estimate of drug-likeness (QED) is 0.168. The van der Waals surface area contributed by atoms with Crippen molar-refractivity contribution in [2.45, 2.75) is 56.8 Å². The molecule has 0 aliphatic heterocycles. The Morgan fingerprint density at radius 2 is 1.95 bits per heavy atom. The standard InChI is InChI=1S/C33H33ClFNO3S2/c1-32(2,39)25-9-4-3-7-22(25)11-14-26(40-20-33(16-17-33)19-28(37)38)23-8-5-6-21(18-23)10-12-24-13-15-27-30(36-24)29(35)31(34)41-27/h3-10,12-13,15,18,26,39H,11,14,16-17,19-20H2,1-2H3,(H,37,38)/t26-/m1/s1. The van der Waals surface area contributed by atoms with Crippen molar-refractivity contribution in [1.29, 1.82) is 0 Å². The summed E-state index contributed by atoms with van der Waals surface area (Å²) < 4.78 is 15.1. The summed E-state index contributed by atoms with van der Waals surface area (Å²) in [4.78, 5) is 15.9. The largest absolute Gasteiger partial charge is 0.481 e. The summed E-state index contributed by atoms with van der Waals surface area (Å²) >= 11 is 8.96. The third-order valence-corrected chi connectivity index (χ3v) is 10.6. The van der Waals surface area contributed by atoms with Gasteiger partial charge in [-0.1, -0.05) is 66.2 Å². The Bertz CT molecular complexity index is 1590. The smallest absolute Gasteiger partial charge is 0.303 e. The molecule has 0 bridgehead atoms. The highest BCUT2D eigenvalue weighted by atomic mass is 35.5. The monoisotopic (exact) mass is 609 g/mol. The molecule has 214 valence electrons. The van der Waals surface area contributed by atoms with Crippen LogP contribution in [-0.2, 0) is 16.8 Å². The van der Waals surface area contributed by atoms with E-state index in [1.807, 2.05) is 80.2 Å². The number of hydrogen-bond donors (Lipinski definition) is 2. The number of pyridine rings is 1. The number of carboxylic acid groups (broad SMARTS) is 1. The fourth-order valence-electron chi connectivity index (χ4n) is 5.19. The third kappa shape index (κ3) is 7.39. The van der Waals surface area contributed by atoms with Crippen LogP contribution in [0.5, 0.6) is 0 Å². The maximum absolute atomic E-state index is 14.3. The molecule has 0 spiro atoms. The van der Waals surface area contributed by atoms with Gasteiger partial charge in [-0.2, -0.15) is 11.8 Å². The van der Waals surface area contributed by atoms with Crippen LogP contribution in [0.2, 0.25) is 4.34 Å². The second kappa shape index (κ2) is 12.3. The normalized spacial score (nSPS) is 15.4. The number of thiophene rings is 1. The number of benzene rings is 2. The van der Waals surface area contributed by atoms with Gasteiger partial charge in [-0.15, -0.1) is 11.3 Å². The number of aliphatic hydroxyl groups is 1. The van der Waals surface area contributed by atoms with E-state index in [1.54, 1.807) is 0 Å². The summed E-state index contributed by atoms with van der Waals surface area (Å²) in [6.07, 6.45) is 7.61. The van der Waals surface area contributed by atoms with Gasteiger partial charge < -0.3 is 10.2 Å². The molecule has 0 radical (unpaired) electrons. The zero-order chi connectivity index (χ0) is 29.2. The fraction of sp³-hybridized carbons (Fsp3) is 0.333. The Morgan fingerprint density at radius 3 is 2.68 bits per heavy atom. The highest BCUT2D eigenvalue weighted by molar-refractivity contribution is 7.99. The van der Waals surface area contributed by atoms with Gasteiger partial charge in [0.2, 0.25) is 0 Å². The van der Waals surface area contributed by atoms with Crippen molar-refractivity contribution < 1.29 is 19.4 Å². The minimum atomic E-state index is -0.933. The van der Waals surface area contributed by atoms with Crippen molar-refractivity contribution in [2.75, 3.05) is 5.75 Å². The lowest BCUT2D eigenvalue weighted by molar-refractivity contribution is -0.138. The number of aryl methyl sites for hydroxylation is 1. The Morgan fingerprint density at radius 1 is 1.17 bits per heavy atom. The van der Waals surface area contributed by atoms with E-state index < -0.39 is 17.4 Å². The number of fused-ring (bicyclic) bond motifs is 1. The number of rotatable bonds is 12. The summed E-state index contributed by atoms with van der Waals surface area (Å²) in [5.74, 6) is -0.413. The Labute approximate surface area is 253 Å². The number of halogens is 2. The summed E-state index contributed by atoms with van der Waals surface area (Å²) in [5.41, 5.74) is 4.11. The average Bonchev–Trinajstić information content (AvgIpc) is 3.63. The second-order valence-corrected chi connectivity index (χ2v) is 14.2. The van der Waals surface area contributed by atoms with Crippen LogP contribution in [0, 0.1) is 11.2 Å². The predicted molar refractivity (Wildman–Crippen MR) is 169 cm³/mol. The predicted octanol–water partition coefficient (Wildman–Crippen LogP) is 9.15. The first kappa shape index (κ1) is 29.8. The molecule has 5 rings (SSSR count). The molecule has 4 aromatic rings. The Balaban J connectivity index is 1.38. The fourth-order valence-corrected chi connectivity index (χ4v) is 7.84. The van der Waals surface area contributed by atoms with Crippen LogP contribution in [0.1, 0.15) is 72.7 Å². The molecule has 1 fully saturated rings. The number of thioether (sulfide) groups is 1. The van der Waals surface area contributed by atoms with Gasteiger partial charge in [0.15, 0.2) is 5.82 Å². The van der Waals surface area contributed by atoms with Crippen LogP contribution < -0.4 is 0 Å². The first-order valence-electron chi connectivity index (χ1n) is 13.7. The number of hydrogen-bond acceptors (Lipinski definition) is 5. The van der Waals surface area contributed by atoms with E-state index in [2.05, 4.69) is 23.2 Å². The van der Waals surface area contributed by atoms with Gasteiger partial charge in [0, 0.05) is 11.0 Å². The van der Waals surface area contributed by atoms with E-state index in [-0.39, 0.29) is 26.9 Å². The van der Waals surface area contributed by atoms with Crippen LogP contribution in [0.25, 0.3) is 22.4 Å². The van der Waals surface area contributed by atoms with Gasteiger partial charge >= 0.3 is 5.97 Å². The number of aliphatic carboxylic acids is 1. The molecule has 1 atom stereocenters. The molecule has 2 N–H and O–H groups in total. The van der Waals surface area contributed by atoms with Crippen LogP contribution >= 0.6 is 34.7 Å². The zero-order valence-electron chi connectivity index (χ0n) is 23.1. The molecule has 2 heterocycles. The van der Waals surface area contributed by atoms with Crippen molar-refractivity contribution >= 4 is 63.0 Å². The summed E-state index contributed by atoms with van der Waals surface area (Å²) in [5, 5.41) is 20.3. The van der Waals surface area contributed by atoms with Crippen LogP contribution in [0.3, 0.4) is 0 Å². The van der Waals surface area contributed by atoms with Gasteiger partial charge in [0.25, 0.3) is 0 Å². The lowest BCUT2D eigenvalue weighted by atomic mass is 9.90. The zero-order valence-corrected chi connectivity index (χ0v) is 25.5. The minimum absolute atomic E-state index is 0.110. The van der Waals surface area contributed by atoms with Crippen LogP contribution in [0.4, 0.5) is 4.39 Å². The average molecular weight is 610 g/mol. The maximum Gasteiger partial charge on any atom is 0.303 e. The van der Waals surface area contributed by atoms with E-state index in [0.717, 1.165) is 48.1 Å². The first-order valence-corrected chi connectivity index (χ1v) is 15.9. The highest BCUT2D eigenvalue weighted by Gasteiger charge is 2.44. The molecule has 1 aliphatic rings. The van der Waals surface area contributed by atoms with E-state index in [0.29, 0.717) is 10.4 Å². The lowest BCUT2D eigenvalue weighted by Gasteiger charge is -2.24. The van der Waals surface area contributed by atoms with E-state index in [1.165, 1.54) is 16.9 Å². The first-order chi connectivity index (χ1) is 19.5. The molecule has 41 heavy (non-hydrogen) atoms. The lowest BCUT2D eigenvalue weighted by Crippen LogP contribution is -2.18. The van der Waals surface area contributed by atoms with Crippen LogP contribution in [-0.4, -0.2) is 26.9 Å². The van der Waals surface area contributed by atoms with Crippen molar-refractivity contribution in [1.82, 2.24) is 4.98 Å². The SMILES string of the molecule is CC(C)(O)c1ccccc1CC[C@@H](SCC1(CC(=O)O)CC1)c1cccc(C=Cc2ccc3sc(Cl)c(F)c3n2)c1. The van der Waals surface area contributed by atoms with E-state index >= 15 is 0 Å². The molecule has 0 unspecified atom stereocenters. The van der Waals surface area contributed by atoms with E-state index in [4.69, 9.17) is 11.6 Å². The van der Waals surface area contributed by atoms with Crippen molar-refractivity contribution in [3.63, 3.8) is 0 Å².